The zero-order valence-corrected chi connectivity index (χ0v) is 11.0. The molecular formula is C11H19N3O2S. The van der Waals surface area contributed by atoms with Crippen molar-refractivity contribution in [2.75, 3.05) is 23.6 Å². The summed E-state index contributed by atoms with van der Waals surface area (Å²) in [4.78, 5) is 4.03. The Balaban J connectivity index is 2.46. The predicted octanol–water partition coefficient (Wildman–Crippen LogP) is 1.13. The second kappa shape index (κ2) is 6.56. The van der Waals surface area contributed by atoms with Crippen LogP contribution in [0.3, 0.4) is 0 Å². The number of nitrogens with one attached hydrogen (secondary N) is 2. The molecule has 0 aromatic carbocycles. The van der Waals surface area contributed by atoms with E-state index in [4.69, 9.17) is 0 Å². The lowest BCUT2D eigenvalue weighted by Gasteiger charge is -2.07. The van der Waals surface area contributed by atoms with E-state index in [1.54, 1.807) is 12.1 Å². The van der Waals surface area contributed by atoms with E-state index in [1.807, 2.05) is 13.8 Å². The summed E-state index contributed by atoms with van der Waals surface area (Å²) in [5.74, 6) is 0.119. The number of aromatic nitrogens is 1. The van der Waals surface area contributed by atoms with Gasteiger partial charge in [0, 0.05) is 5.69 Å². The first-order valence-corrected chi connectivity index (χ1v) is 7.32. The zero-order valence-electron chi connectivity index (χ0n) is 10.2. The van der Waals surface area contributed by atoms with E-state index in [1.165, 1.54) is 6.20 Å². The molecular weight excluding hydrogens is 238 g/mol. The second-order valence-corrected chi connectivity index (χ2v) is 5.66. The third-order valence-electron chi connectivity index (χ3n) is 2.20. The van der Waals surface area contributed by atoms with Gasteiger partial charge in [0.15, 0.2) is 0 Å². The van der Waals surface area contributed by atoms with Crippen LogP contribution in [0.5, 0.6) is 0 Å². The first kappa shape index (κ1) is 13.9. The van der Waals surface area contributed by atoms with Gasteiger partial charge in [-0.3, -0.25) is 9.71 Å². The van der Waals surface area contributed by atoms with Gasteiger partial charge in [0.1, 0.15) is 0 Å². The largest absolute Gasteiger partial charge is 0.317 e. The van der Waals surface area contributed by atoms with Crippen molar-refractivity contribution >= 4 is 15.7 Å². The Kier molecular flexibility index (Phi) is 5.37. The van der Waals surface area contributed by atoms with Crippen LogP contribution in [0, 0.1) is 6.92 Å². The molecule has 0 bridgehead atoms. The molecule has 2 N–H and O–H groups in total. The van der Waals surface area contributed by atoms with Crippen molar-refractivity contribution in [3.05, 3.63) is 24.0 Å². The van der Waals surface area contributed by atoms with E-state index in [0.29, 0.717) is 18.7 Å². The number of rotatable bonds is 7. The van der Waals surface area contributed by atoms with E-state index in [9.17, 15) is 8.42 Å². The molecule has 0 saturated heterocycles. The lowest BCUT2D eigenvalue weighted by molar-refractivity contribution is 0.595. The average molecular weight is 257 g/mol. The summed E-state index contributed by atoms with van der Waals surface area (Å²) in [6.07, 6.45) is 2.12. The molecule has 0 spiro atoms. The van der Waals surface area contributed by atoms with E-state index in [-0.39, 0.29) is 5.75 Å². The molecule has 0 fully saturated rings. The van der Waals surface area contributed by atoms with Gasteiger partial charge in [-0.25, -0.2) is 8.42 Å². The number of anilines is 1. The fourth-order valence-electron chi connectivity index (χ4n) is 1.32. The molecule has 1 heterocycles. The van der Waals surface area contributed by atoms with Gasteiger partial charge in [-0.15, -0.1) is 0 Å². The molecule has 0 saturated carbocycles. The number of pyridine rings is 1. The molecule has 0 atom stereocenters. The minimum Gasteiger partial charge on any atom is -0.317 e. The summed E-state index contributed by atoms with van der Waals surface area (Å²) >= 11 is 0. The monoisotopic (exact) mass is 257 g/mol. The fraction of sp³-hybridized carbons (Fsp3) is 0.545. The van der Waals surface area contributed by atoms with Gasteiger partial charge >= 0.3 is 0 Å². The van der Waals surface area contributed by atoms with Gasteiger partial charge in [0.05, 0.1) is 17.6 Å². The van der Waals surface area contributed by atoms with E-state index in [2.05, 4.69) is 15.0 Å². The van der Waals surface area contributed by atoms with Crippen molar-refractivity contribution in [2.45, 2.75) is 20.3 Å². The third-order valence-corrected chi connectivity index (χ3v) is 3.57. The number of nitrogens with zero attached hydrogens (tertiary/aromatic N) is 1. The Hall–Kier alpha value is -1.14. The van der Waals surface area contributed by atoms with Gasteiger partial charge in [-0.05, 0) is 38.6 Å². The summed E-state index contributed by atoms with van der Waals surface area (Å²) in [6, 6.07) is 3.49. The van der Waals surface area contributed by atoms with Crippen LogP contribution in [0.25, 0.3) is 0 Å². The predicted molar refractivity (Wildman–Crippen MR) is 69.5 cm³/mol. The van der Waals surface area contributed by atoms with Crippen molar-refractivity contribution in [3.8, 4) is 0 Å². The molecule has 0 aliphatic carbocycles. The Labute approximate surface area is 103 Å². The Morgan fingerprint density at radius 3 is 2.71 bits per heavy atom. The van der Waals surface area contributed by atoms with Crippen LogP contribution in [-0.4, -0.2) is 32.2 Å². The van der Waals surface area contributed by atoms with Crippen LogP contribution in [0.4, 0.5) is 5.69 Å². The second-order valence-electron chi connectivity index (χ2n) is 3.82. The number of hydrogen-bond acceptors (Lipinski definition) is 4. The van der Waals surface area contributed by atoms with Gasteiger partial charge in [-0.1, -0.05) is 6.92 Å². The highest BCUT2D eigenvalue weighted by Gasteiger charge is 2.09. The Bertz CT molecular complexity index is 429. The van der Waals surface area contributed by atoms with Gasteiger partial charge in [-0.2, -0.15) is 0 Å². The smallest absolute Gasteiger partial charge is 0.232 e. The molecule has 0 aliphatic heterocycles. The first-order valence-electron chi connectivity index (χ1n) is 5.67. The van der Waals surface area contributed by atoms with Crippen molar-refractivity contribution in [1.82, 2.24) is 10.3 Å². The Morgan fingerprint density at radius 1 is 1.35 bits per heavy atom. The summed E-state index contributed by atoms with van der Waals surface area (Å²) in [5.41, 5.74) is 1.37. The highest BCUT2D eigenvalue weighted by Crippen LogP contribution is 2.08. The number of aryl methyl sites for hydroxylation is 1. The van der Waals surface area contributed by atoms with Gasteiger partial charge in [0.25, 0.3) is 0 Å². The van der Waals surface area contributed by atoms with E-state index >= 15 is 0 Å². The van der Waals surface area contributed by atoms with Crippen LogP contribution in [-0.2, 0) is 10.0 Å². The van der Waals surface area contributed by atoms with Crippen molar-refractivity contribution in [2.24, 2.45) is 0 Å². The molecule has 0 unspecified atom stereocenters. The quantitative estimate of drug-likeness (QED) is 0.718. The maximum Gasteiger partial charge on any atom is 0.232 e. The first-order chi connectivity index (χ1) is 8.03. The van der Waals surface area contributed by atoms with Gasteiger partial charge in [0.2, 0.25) is 10.0 Å². The molecule has 1 aromatic heterocycles. The zero-order chi connectivity index (χ0) is 12.7. The normalized spacial score (nSPS) is 11.4. The lowest BCUT2D eigenvalue weighted by atomic mass is 10.4. The minimum atomic E-state index is -3.26. The summed E-state index contributed by atoms with van der Waals surface area (Å²) in [5, 5.41) is 3.09. The lowest BCUT2D eigenvalue weighted by Crippen LogP contribution is -2.21. The average Bonchev–Trinajstić information content (AvgIpc) is 2.27. The highest BCUT2D eigenvalue weighted by molar-refractivity contribution is 7.92. The summed E-state index contributed by atoms with van der Waals surface area (Å²) < 4.78 is 25.9. The molecule has 1 aromatic rings. The van der Waals surface area contributed by atoms with E-state index in [0.717, 1.165) is 12.2 Å². The minimum absolute atomic E-state index is 0.119. The van der Waals surface area contributed by atoms with Crippen LogP contribution in [0.2, 0.25) is 0 Å². The molecule has 0 aliphatic rings. The van der Waals surface area contributed by atoms with Crippen LogP contribution < -0.4 is 10.0 Å². The van der Waals surface area contributed by atoms with Crippen LogP contribution in [0.1, 0.15) is 19.0 Å². The van der Waals surface area contributed by atoms with Gasteiger partial charge < -0.3 is 5.32 Å². The van der Waals surface area contributed by atoms with E-state index < -0.39 is 10.0 Å². The maximum atomic E-state index is 11.7. The fourth-order valence-corrected chi connectivity index (χ4v) is 2.43. The van der Waals surface area contributed by atoms with Crippen LogP contribution in [0.15, 0.2) is 18.3 Å². The Morgan fingerprint density at radius 2 is 2.12 bits per heavy atom. The highest BCUT2D eigenvalue weighted by atomic mass is 32.2. The molecule has 6 heteroatoms. The van der Waals surface area contributed by atoms with Crippen molar-refractivity contribution in [1.29, 1.82) is 0 Å². The topological polar surface area (TPSA) is 71.1 Å². The third kappa shape index (κ3) is 5.65. The molecule has 17 heavy (non-hydrogen) atoms. The van der Waals surface area contributed by atoms with Crippen molar-refractivity contribution in [3.63, 3.8) is 0 Å². The molecule has 0 radical (unpaired) electrons. The summed E-state index contributed by atoms with van der Waals surface area (Å²) in [6.45, 7) is 5.42. The SMILES string of the molecule is CCNCCCS(=O)(=O)Nc1ccc(C)nc1. The van der Waals surface area contributed by atoms with Crippen molar-refractivity contribution < 1.29 is 8.42 Å². The molecule has 0 amide bonds. The maximum absolute atomic E-state index is 11.7. The van der Waals surface area contributed by atoms with Crippen LogP contribution >= 0.6 is 0 Å². The molecule has 5 nitrogen and oxygen atoms in total. The summed E-state index contributed by atoms with van der Waals surface area (Å²) in [7, 11) is -3.26. The number of hydrogen-bond donors (Lipinski definition) is 2. The number of sulfonamides is 1. The molecule has 96 valence electrons. The molecule has 1 rings (SSSR count). The standard InChI is InChI=1S/C11H19N3O2S/c1-3-12-7-4-8-17(15,16)14-11-6-5-10(2)13-9-11/h5-6,9,12,14H,3-4,7-8H2,1-2H3.